The van der Waals surface area contributed by atoms with Crippen molar-refractivity contribution in [2.45, 2.75) is 23.6 Å². The van der Waals surface area contributed by atoms with E-state index < -0.39 is 33.2 Å². The van der Waals surface area contributed by atoms with Crippen LogP contribution in [0.5, 0.6) is 0 Å². The Labute approximate surface area is 175 Å². The van der Waals surface area contributed by atoms with Gasteiger partial charge in [-0.25, -0.2) is 0 Å². The number of fused-ring (bicyclic) bond motifs is 1. The van der Waals surface area contributed by atoms with Crippen LogP contribution in [0.25, 0.3) is 10.9 Å². The number of hydrogen-bond donors (Lipinski definition) is 2. The van der Waals surface area contributed by atoms with Gasteiger partial charge in [0.15, 0.2) is 0 Å². The fourth-order valence-electron chi connectivity index (χ4n) is 2.70. The van der Waals surface area contributed by atoms with Crippen LogP contribution >= 0.6 is 34.8 Å². The van der Waals surface area contributed by atoms with Gasteiger partial charge < -0.3 is 10.1 Å². The van der Waals surface area contributed by atoms with E-state index in [1.807, 2.05) is 0 Å². The Bertz CT molecular complexity index is 1080. The highest BCUT2D eigenvalue weighted by molar-refractivity contribution is 7.85. The monoisotopic (exact) mass is 469 g/mol. The molecule has 1 aromatic heterocycles. The number of rotatable bonds is 4. The van der Waals surface area contributed by atoms with Gasteiger partial charge in [0, 0.05) is 21.5 Å². The van der Waals surface area contributed by atoms with Crippen LogP contribution in [-0.4, -0.2) is 20.1 Å². The maximum absolute atomic E-state index is 13.0. The van der Waals surface area contributed by atoms with Gasteiger partial charge in [-0.1, -0.05) is 34.8 Å². The Morgan fingerprint density at radius 1 is 1.04 bits per heavy atom. The van der Waals surface area contributed by atoms with Gasteiger partial charge in [0.05, 0.1) is 37.2 Å². The summed E-state index contributed by atoms with van der Waals surface area (Å²) in [6.07, 6.45) is -4.60. The summed E-state index contributed by atoms with van der Waals surface area (Å²) in [6.45, 7) is 1.42. The van der Waals surface area contributed by atoms with Crippen molar-refractivity contribution in [2.24, 2.45) is 0 Å². The normalized spacial score (nSPS) is 15.6. The van der Waals surface area contributed by atoms with Crippen LogP contribution in [0.2, 0.25) is 15.1 Å². The van der Waals surface area contributed by atoms with Gasteiger partial charge in [-0.3, -0.25) is 4.21 Å². The zero-order chi connectivity index (χ0) is 20.9. The van der Waals surface area contributed by atoms with Gasteiger partial charge in [0.2, 0.25) is 0 Å². The second-order valence-electron chi connectivity index (χ2n) is 6.44. The molecule has 0 radical (unpaired) electrons. The zero-order valence-corrected chi connectivity index (χ0v) is 17.3. The maximum Gasteiger partial charge on any atom is 0.417 e. The molecule has 0 amide bonds. The lowest BCUT2D eigenvalue weighted by molar-refractivity contribution is -0.137. The van der Waals surface area contributed by atoms with Crippen LogP contribution in [0, 0.1) is 0 Å². The number of nitrogens with one attached hydrogen (secondary N) is 1. The number of aromatic amines is 1. The highest BCUT2D eigenvalue weighted by Gasteiger charge is 2.34. The van der Waals surface area contributed by atoms with Crippen molar-refractivity contribution in [1.82, 2.24) is 4.98 Å². The van der Waals surface area contributed by atoms with Crippen molar-refractivity contribution in [3.8, 4) is 0 Å². The SMILES string of the molecule is CC(O)(CS(=O)c1ccc(Cl)c(Cl)c1)c1cc2cc(Cl)c(C(F)(F)F)cc2[nH]1. The lowest BCUT2D eigenvalue weighted by Gasteiger charge is -2.21. The summed E-state index contributed by atoms with van der Waals surface area (Å²) in [5.41, 5.74) is -2.21. The minimum atomic E-state index is -4.60. The molecule has 0 fully saturated rings. The summed E-state index contributed by atoms with van der Waals surface area (Å²) in [5.74, 6) is -0.211. The topological polar surface area (TPSA) is 53.1 Å². The number of aliphatic hydroxyl groups is 1. The van der Waals surface area contributed by atoms with Gasteiger partial charge in [0.1, 0.15) is 5.60 Å². The summed E-state index contributed by atoms with van der Waals surface area (Å²) < 4.78 is 51.7. The van der Waals surface area contributed by atoms with Gasteiger partial charge in [-0.15, -0.1) is 0 Å². The highest BCUT2D eigenvalue weighted by atomic mass is 35.5. The average molecular weight is 471 g/mol. The Morgan fingerprint density at radius 2 is 1.71 bits per heavy atom. The molecule has 28 heavy (non-hydrogen) atoms. The maximum atomic E-state index is 13.0. The number of alkyl halides is 3. The van der Waals surface area contributed by atoms with E-state index in [1.54, 1.807) is 0 Å². The summed E-state index contributed by atoms with van der Waals surface area (Å²) in [7, 11) is -1.64. The fourth-order valence-corrected chi connectivity index (χ4v) is 4.64. The zero-order valence-electron chi connectivity index (χ0n) is 14.2. The van der Waals surface area contributed by atoms with E-state index in [4.69, 9.17) is 34.8 Å². The van der Waals surface area contributed by atoms with Gasteiger partial charge in [-0.05, 0) is 43.3 Å². The quantitative estimate of drug-likeness (QED) is 0.480. The third kappa shape index (κ3) is 4.33. The number of benzene rings is 2. The van der Waals surface area contributed by atoms with Crippen LogP contribution in [0.1, 0.15) is 18.2 Å². The second-order valence-corrected chi connectivity index (χ2v) is 9.11. The first-order chi connectivity index (χ1) is 12.9. The van der Waals surface area contributed by atoms with E-state index in [2.05, 4.69) is 4.98 Å². The largest absolute Gasteiger partial charge is 0.417 e. The predicted molar refractivity (Wildman–Crippen MR) is 106 cm³/mol. The predicted octanol–water partition coefficient (Wildman–Crippen LogP) is 6.16. The van der Waals surface area contributed by atoms with Crippen molar-refractivity contribution in [1.29, 1.82) is 0 Å². The van der Waals surface area contributed by atoms with Gasteiger partial charge in [0.25, 0.3) is 0 Å². The fraction of sp³-hybridized carbons (Fsp3) is 0.222. The first-order valence-electron chi connectivity index (χ1n) is 7.84. The molecule has 150 valence electrons. The minimum absolute atomic E-state index is 0.160. The molecule has 3 aromatic rings. The molecule has 0 aliphatic rings. The highest BCUT2D eigenvalue weighted by Crippen LogP contribution is 2.38. The molecule has 3 nitrogen and oxygen atoms in total. The van der Waals surface area contributed by atoms with Crippen molar-refractivity contribution in [3.05, 3.63) is 62.7 Å². The Balaban J connectivity index is 1.93. The second kappa shape index (κ2) is 7.54. The number of aromatic nitrogens is 1. The molecule has 0 saturated carbocycles. The van der Waals surface area contributed by atoms with Crippen LogP contribution in [0.15, 0.2) is 41.3 Å². The van der Waals surface area contributed by atoms with Crippen molar-refractivity contribution >= 4 is 56.5 Å². The van der Waals surface area contributed by atoms with Crippen molar-refractivity contribution in [3.63, 3.8) is 0 Å². The Hall–Kier alpha value is -1.25. The van der Waals surface area contributed by atoms with E-state index >= 15 is 0 Å². The molecule has 0 aliphatic heterocycles. The number of halogens is 6. The molecule has 10 heteroatoms. The molecule has 2 aromatic carbocycles. The van der Waals surface area contributed by atoms with Crippen molar-refractivity contribution in [2.75, 3.05) is 5.75 Å². The Morgan fingerprint density at radius 3 is 2.32 bits per heavy atom. The van der Waals surface area contributed by atoms with Crippen molar-refractivity contribution < 1.29 is 22.5 Å². The lowest BCUT2D eigenvalue weighted by atomic mass is 10.1. The van der Waals surface area contributed by atoms with Crippen LogP contribution < -0.4 is 0 Å². The Kier molecular flexibility index (Phi) is 5.78. The average Bonchev–Trinajstić information content (AvgIpc) is 2.99. The molecule has 1 heterocycles. The van der Waals surface area contributed by atoms with E-state index in [0.29, 0.717) is 15.3 Å². The van der Waals surface area contributed by atoms with Crippen LogP contribution in [-0.2, 0) is 22.6 Å². The summed E-state index contributed by atoms with van der Waals surface area (Å²) in [6, 6.07) is 8.00. The lowest BCUT2D eigenvalue weighted by Crippen LogP contribution is -2.29. The number of hydrogen-bond acceptors (Lipinski definition) is 2. The first-order valence-corrected chi connectivity index (χ1v) is 10.3. The molecule has 0 saturated heterocycles. The molecular weight excluding hydrogens is 458 g/mol. The molecule has 0 bridgehead atoms. The summed E-state index contributed by atoms with van der Waals surface area (Å²) in [5, 5.41) is 11.3. The standard InChI is InChI=1S/C18H13Cl3F3NO2S/c1-17(26,8-28(27)10-2-3-12(19)14(21)6-10)16-5-9-4-13(20)11(18(22,23)24)7-15(9)25-16/h2-7,25-26H,8H2,1H3. The van der Waals surface area contributed by atoms with Gasteiger partial charge in [-0.2, -0.15) is 13.2 Å². The number of H-pyrrole nitrogens is 1. The molecule has 2 unspecified atom stereocenters. The third-order valence-electron chi connectivity index (χ3n) is 4.16. The van der Waals surface area contributed by atoms with E-state index in [0.717, 1.165) is 6.07 Å². The van der Waals surface area contributed by atoms with E-state index in [9.17, 15) is 22.5 Å². The van der Waals surface area contributed by atoms with Crippen LogP contribution in [0.3, 0.4) is 0 Å². The van der Waals surface area contributed by atoms with E-state index in [-0.39, 0.29) is 22.0 Å². The molecule has 0 spiro atoms. The molecule has 2 atom stereocenters. The minimum Gasteiger partial charge on any atom is -0.383 e. The summed E-state index contributed by atoms with van der Waals surface area (Å²) in [4.78, 5) is 3.13. The van der Waals surface area contributed by atoms with Gasteiger partial charge >= 0.3 is 6.18 Å². The molecule has 3 rings (SSSR count). The van der Waals surface area contributed by atoms with Crippen LogP contribution in [0.4, 0.5) is 13.2 Å². The summed E-state index contributed by atoms with van der Waals surface area (Å²) >= 11 is 17.5. The first kappa shape index (κ1) is 21.5. The molecule has 0 aliphatic carbocycles. The smallest absolute Gasteiger partial charge is 0.383 e. The third-order valence-corrected chi connectivity index (χ3v) is 6.82. The molecular formula is C18H13Cl3F3NO2S. The van der Waals surface area contributed by atoms with E-state index in [1.165, 1.54) is 37.3 Å². The molecule has 2 N–H and O–H groups in total.